The van der Waals surface area contributed by atoms with Crippen molar-refractivity contribution >= 4 is 45.7 Å². The van der Waals surface area contributed by atoms with Crippen molar-refractivity contribution in [2.75, 3.05) is 25.3 Å². The van der Waals surface area contributed by atoms with Crippen LogP contribution in [0.1, 0.15) is 29.9 Å². The number of aromatic nitrogens is 3. The number of carbonyl (C=O) groups is 1. The van der Waals surface area contributed by atoms with E-state index in [1.165, 1.54) is 28.0 Å². The van der Waals surface area contributed by atoms with Gasteiger partial charge in [0.25, 0.3) is 11.1 Å². The third-order valence-electron chi connectivity index (χ3n) is 6.00. The number of aryl methyl sites for hydroxylation is 1. The van der Waals surface area contributed by atoms with E-state index in [-0.39, 0.29) is 5.91 Å². The molecular formula is C27H27ClN4O3S2. The van der Waals surface area contributed by atoms with Crippen molar-refractivity contribution < 1.29 is 14.3 Å². The number of nitrogens with one attached hydrogen (secondary N) is 1. The fraction of sp³-hybridized carbons (Fsp3) is 0.259. The Hall–Kier alpha value is -3.14. The number of ether oxygens (including phenoxy) is 2. The van der Waals surface area contributed by atoms with Gasteiger partial charge in [-0.15, -0.1) is 16.9 Å². The van der Waals surface area contributed by atoms with Crippen molar-refractivity contribution in [2.45, 2.75) is 20.8 Å². The topological polar surface area (TPSA) is 86.2 Å². The quantitative estimate of drug-likeness (QED) is 0.321. The highest BCUT2D eigenvalue weighted by Crippen LogP contribution is 2.35. The van der Waals surface area contributed by atoms with Gasteiger partial charge in [0.1, 0.15) is 12.4 Å². The Morgan fingerprint density at radius 3 is 2.76 bits per heavy atom. The van der Waals surface area contributed by atoms with Gasteiger partial charge in [-0.3, -0.25) is 15.1 Å². The van der Waals surface area contributed by atoms with Gasteiger partial charge in [0.05, 0.1) is 12.7 Å². The number of hydrogen-bond donors (Lipinski definition) is 1. The lowest BCUT2D eigenvalue weighted by atomic mass is 9.98. The van der Waals surface area contributed by atoms with Gasteiger partial charge in [-0.05, 0) is 73.3 Å². The maximum absolute atomic E-state index is 13.2. The predicted octanol–water partition coefficient (Wildman–Crippen LogP) is 6.97. The summed E-state index contributed by atoms with van der Waals surface area (Å²) >= 11 is 9.13. The van der Waals surface area contributed by atoms with Crippen LogP contribution in [-0.4, -0.2) is 41.1 Å². The van der Waals surface area contributed by atoms with E-state index in [1.807, 2.05) is 13.0 Å². The monoisotopic (exact) mass is 554 g/mol. The van der Waals surface area contributed by atoms with Gasteiger partial charge in [0.15, 0.2) is 0 Å². The van der Waals surface area contributed by atoms with Gasteiger partial charge < -0.3 is 9.47 Å². The number of amides is 1. The molecule has 4 rings (SSSR count). The standard InChI is InChI=1S/C27H27ClN4O3S2/c1-15-10-20(36-5)8-6-18(17(15)3)14-35-27-32-31-26(37-27)30-25(33)23-13-29-16(2)11-21(23)22-12-19(28)7-9-24(22)34-4/h6-13,15H,14H2,1-5H3,(H,30,31,33). The molecule has 0 saturated carbocycles. The first kappa shape index (κ1) is 26.9. The van der Waals surface area contributed by atoms with E-state index in [4.69, 9.17) is 21.1 Å². The average Bonchev–Trinajstić information content (AvgIpc) is 3.28. The summed E-state index contributed by atoms with van der Waals surface area (Å²) in [4.78, 5) is 18.8. The zero-order chi connectivity index (χ0) is 26.5. The molecule has 2 heterocycles. The first-order valence-electron chi connectivity index (χ1n) is 11.5. The molecule has 1 aromatic carbocycles. The van der Waals surface area contributed by atoms with Gasteiger partial charge >= 0.3 is 0 Å². The molecule has 0 fully saturated rings. The van der Waals surface area contributed by atoms with Gasteiger partial charge in [-0.25, -0.2) is 0 Å². The van der Waals surface area contributed by atoms with Crippen LogP contribution in [0, 0.1) is 12.8 Å². The van der Waals surface area contributed by atoms with Crippen LogP contribution in [0.5, 0.6) is 10.9 Å². The lowest BCUT2D eigenvalue weighted by Gasteiger charge is -2.13. The van der Waals surface area contributed by atoms with Gasteiger partial charge in [-0.2, -0.15) is 0 Å². The van der Waals surface area contributed by atoms with Crippen LogP contribution < -0.4 is 14.8 Å². The summed E-state index contributed by atoms with van der Waals surface area (Å²) in [7, 11) is 1.57. The molecule has 2 aromatic heterocycles. The van der Waals surface area contributed by atoms with Crippen LogP contribution in [0.4, 0.5) is 5.13 Å². The van der Waals surface area contributed by atoms with E-state index in [0.29, 0.717) is 50.3 Å². The van der Waals surface area contributed by atoms with Crippen molar-refractivity contribution in [1.82, 2.24) is 15.2 Å². The van der Waals surface area contributed by atoms with Crippen LogP contribution in [-0.2, 0) is 0 Å². The molecule has 1 aliphatic rings. The summed E-state index contributed by atoms with van der Waals surface area (Å²) in [6.45, 7) is 6.51. The van der Waals surface area contributed by atoms with Crippen LogP contribution >= 0.6 is 34.7 Å². The molecule has 10 heteroatoms. The van der Waals surface area contributed by atoms with Crippen molar-refractivity contribution in [2.24, 2.45) is 5.92 Å². The normalized spacial score (nSPS) is 15.3. The number of halogens is 1. The molecule has 0 spiro atoms. The highest BCUT2D eigenvalue weighted by atomic mass is 35.5. The molecule has 1 amide bonds. The van der Waals surface area contributed by atoms with E-state index in [0.717, 1.165) is 11.3 Å². The number of nitrogens with zero attached hydrogens (tertiary/aromatic N) is 3. The second-order valence-electron chi connectivity index (χ2n) is 8.44. The number of benzene rings is 1. The van der Waals surface area contributed by atoms with E-state index in [9.17, 15) is 4.79 Å². The molecular weight excluding hydrogens is 528 g/mol. The summed E-state index contributed by atoms with van der Waals surface area (Å²) in [6, 6.07) is 7.09. The molecule has 1 atom stereocenters. The molecule has 0 bridgehead atoms. The molecule has 1 aliphatic carbocycles. The van der Waals surface area contributed by atoms with Crippen LogP contribution in [0.15, 0.2) is 64.7 Å². The van der Waals surface area contributed by atoms with E-state index in [2.05, 4.69) is 58.8 Å². The number of anilines is 1. The maximum atomic E-state index is 13.2. The van der Waals surface area contributed by atoms with Crippen molar-refractivity contribution in [3.8, 4) is 22.1 Å². The summed E-state index contributed by atoms with van der Waals surface area (Å²) in [6.07, 6.45) is 10.0. The zero-order valence-electron chi connectivity index (χ0n) is 21.2. The van der Waals surface area contributed by atoms with Gasteiger partial charge in [0, 0.05) is 32.9 Å². The predicted molar refractivity (Wildman–Crippen MR) is 152 cm³/mol. The molecule has 0 aliphatic heterocycles. The molecule has 0 saturated heterocycles. The van der Waals surface area contributed by atoms with E-state index < -0.39 is 0 Å². The summed E-state index contributed by atoms with van der Waals surface area (Å²) in [5.41, 5.74) is 4.81. The second-order valence-corrected chi connectivity index (χ2v) is 10.7. The minimum Gasteiger partial charge on any atom is -0.496 e. The van der Waals surface area contributed by atoms with Crippen LogP contribution in [0.25, 0.3) is 11.1 Å². The summed E-state index contributed by atoms with van der Waals surface area (Å²) < 4.78 is 11.4. The second kappa shape index (κ2) is 11.9. The Bertz CT molecular complexity index is 1410. The van der Waals surface area contributed by atoms with Crippen LogP contribution in [0.3, 0.4) is 0 Å². The average molecular weight is 555 g/mol. The number of thioether (sulfide) groups is 1. The largest absolute Gasteiger partial charge is 0.496 e. The fourth-order valence-corrected chi connectivity index (χ4v) is 5.12. The highest BCUT2D eigenvalue weighted by molar-refractivity contribution is 8.02. The van der Waals surface area contributed by atoms with E-state index in [1.54, 1.807) is 37.1 Å². The molecule has 37 heavy (non-hydrogen) atoms. The SMILES string of the molecule is COc1ccc(Cl)cc1-c1cc(C)ncc1C(=O)Nc1nnc(OCC2=C(C)C(C)C=C(SC)C=C2)s1. The summed E-state index contributed by atoms with van der Waals surface area (Å²) in [5.74, 6) is 0.541. The van der Waals surface area contributed by atoms with Crippen LogP contribution in [0.2, 0.25) is 5.02 Å². The first-order chi connectivity index (χ1) is 17.8. The summed E-state index contributed by atoms with van der Waals surface area (Å²) in [5, 5.41) is 12.2. The Labute approximate surface area is 229 Å². The van der Waals surface area contributed by atoms with E-state index >= 15 is 0 Å². The lowest BCUT2D eigenvalue weighted by molar-refractivity contribution is 0.102. The number of methoxy groups -OCH3 is 1. The smallest absolute Gasteiger partial charge is 0.296 e. The molecule has 1 unspecified atom stereocenters. The fourth-order valence-electron chi connectivity index (χ4n) is 3.81. The third-order valence-corrected chi connectivity index (χ3v) is 7.73. The highest BCUT2D eigenvalue weighted by Gasteiger charge is 2.19. The number of hydrogen-bond acceptors (Lipinski definition) is 8. The van der Waals surface area contributed by atoms with Crippen molar-refractivity contribution in [3.05, 3.63) is 81.0 Å². The lowest BCUT2D eigenvalue weighted by Crippen LogP contribution is -2.14. The number of pyridine rings is 1. The molecule has 1 N–H and O–H groups in total. The van der Waals surface area contributed by atoms with Crippen molar-refractivity contribution in [1.29, 1.82) is 0 Å². The number of rotatable bonds is 8. The number of carbonyl (C=O) groups excluding carboxylic acids is 1. The Morgan fingerprint density at radius 1 is 1.19 bits per heavy atom. The maximum Gasteiger partial charge on any atom is 0.296 e. The first-order valence-corrected chi connectivity index (χ1v) is 13.9. The minimum absolute atomic E-state index is 0.316. The van der Waals surface area contributed by atoms with Crippen molar-refractivity contribution in [3.63, 3.8) is 0 Å². The molecule has 7 nitrogen and oxygen atoms in total. The zero-order valence-corrected chi connectivity index (χ0v) is 23.6. The molecule has 3 aromatic rings. The Balaban J connectivity index is 1.50. The minimum atomic E-state index is -0.373. The molecule has 192 valence electrons. The Morgan fingerprint density at radius 2 is 2.00 bits per heavy atom. The van der Waals surface area contributed by atoms with Gasteiger partial charge in [-0.1, -0.05) is 41.3 Å². The third kappa shape index (κ3) is 6.41. The number of allylic oxidation sites excluding steroid dienone is 3. The Kier molecular flexibility index (Phi) is 8.68. The van der Waals surface area contributed by atoms with Gasteiger partial charge in [0.2, 0.25) is 5.13 Å². The molecule has 0 radical (unpaired) electrons.